The predicted molar refractivity (Wildman–Crippen MR) is 55.4 cm³/mol. The Kier molecular flexibility index (Phi) is 6.25. The van der Waals surface area contributed by atoms with Gasteiger partial charge in [-0.25, -0.2) is 0 Å². The lowest BCUT2D eigenvalue weighted by molar-refractivity contribution is 0.234. The Morgan fingerprint density at radius 2 is 1.73 bits per heavy atom. The fourth-order valence-electron chi connectivity index (χ4n) is 1.46. The summed E-state index contributed by atoms with van der Waals surface area (Å²) in [6, 6.07) is 0.759. The van der Waals surface area contributed by atoms with Gasteiger partial charge in [0.15, 0.2) is 0 Å². The van der Waals surface area contributed by atoms with Gasteiger partial charge in [0.1, 0.15) is 0 Å². The molecule has 1 atom stereocenters. The van der Waals surface area contributed by atoms with Crippen LogP contribution in [0.25, 0.3) is 0 Å². The summed E-state index contributed by atoms with van der Waals surface area (Å²) in [5.74, 6) is 0. The average Bonchev–Trinajstić information content (AvgIpc) is 1.88. The molecule has 68 valence electrons. The van der Waals surface area contributed by atoms with Crippen molar-refractivity contribution in [2.75, 3.05) is 13.6 Å². The highest BCUT2D eigenvalue weighted by Gasteiger charge is 2.11. The molecule has 0 aromatic carbocycles. The molecule has 1 nitrogen and oxygen atoms in total. The van der Waals surface area contributed by atoms with Crippen LogP contribution in [0.1, 0.15) is 33.6 Å². The number of hydrogen-bond donors (Lipinski definition) is 0. The highest BCUT2D eigenvalue weighted by molar-refractivity contribution is 9.09. The Balaban J connectivity index is 3.68. The van der Waals surface area contributed by atoms with Gasteiger partial charge >= 0.3 is 0 Å². The van der Waals surface area contributed by atoms with E-state index in [2.05, 4.69) is 48.6 Å². The zero-order valence-electron chi connectivity index (χ0n) is 8.10. The zero-order valence-corrected chi connectivity index (χ0v) is 9.69. The van der Waals surface area contributed by atoms with E-state index in [1.165, 1.54) is 12.8 Å². The van der Waals surface area contributed by atoms with Gasteiger partial charge in [0.05, 0.1) is 0 Å². The minimum atomic E-state index is 0.605. The van der Waals surface area contributed by atoms with Crippen molar-refractivity contribution >= 4 is 15.9 Å². The molecule has 0 radical (unpaired) electrons. The molecule has 2 heteroatoms. The minimum absolute atomic E-state index is 0.605. The maximum Gasteiger partial charge on any atom is 0.0244 e. The maximum absolute atomic E-state index is 3.56. The standard InChI is InChI=1S/C9H20BrN/c1-5-9(6-2)11(4)7-8(3)10/h8-9H,5-7H2,1-4H3. The topological polar surface area (TPSA) is 3.24 Å². The third-order valence-electron chi connectivity index (χ3n) is 2.11. The van der Waals surface area contributed by atoms with Gasteiger partial charge in [-0.15, -0.1) is 0 Å². The summed E-state index contributed by atoms with van der Waals surface area (Å²) >= 11 is 3.56. The molecule has 0 aliphatic heterocycles. The molecule has 0 bridgehead atoms. The lowest BCUT2D eigenvalue weighted by Gasteiger charge is -2.26. The molecular formula is C9H20BrN. The molecular weight excluding hydrogens is 202 g/mol. The van der Waals surface area contributed by atoms with E-state index >= 15 is 0 Å². The molecule has 0 aliphatic carbocycles. The maximum atomic E-state index is 3.56. The van der Waals surface area contributed by atoms with Crippen molar-refractivity contribution in [3.8, 4) is 0 Å². The van der Waals surface area contributed by atoms with Gasteiger partial charge in [-0.3, -0.25) is 0 Å². The van der Waals surface area contributed by atoms with E-state index in [-0.39, 0.29) is 0 Å². The summed E-state index contributed by atoms with van der Waals surface area (Å²) < 4.78 is 0. The molecule has 0 aliphatic rings. The SMILES string of the molecule is CCC(CC)N(C)CC(C)Br. The normalized spacial score (nSPS) is 14.5. The summed E-state index contributed by atoms with van der Waals surface area (Å²) in [7, 11) is 2.20. The number of alkyl halides is 1. The van der Waals surface area contributed by atoms with Crippen LogP contribution in [0.4, 0.5) is 0 Å². The van der Waals surface area contributed by atoms with Crippen LogP contribution in [-0.2, 0) is 0 Å². The summed E-state index contributed by atoms with van der Waals surface area (Å²) in [4.78, 5) is 3.03. The fourth-order valence-corrected chi connectivity index (χ4v) is 1.91. The molecule has 0 amide bonds. The lowest BCUT2D eigenvalue weighted by Crippen LogP contribution is -2.34. The van der Waals surface area contributed by atoms with E-state index in [0.29, 0.717) is 4.83 Å². The number of rotatable bonds is 5. The minimum Gasteiger partial charge on any atom is -0.302 e. The first-order valence-corrected chi connectivity index (χ1v) is 5.37. The molecule has 0 heterocycles. The van der Waals surface area contributed by atoms with Crippen LogP contribution < -0.4 is 0 Å². The van der Waals surface area contributed by atoms with Crippen molar-refractivity contribution in [3.63, 3.8) is 0 Å². The Morgan fingerprint density at radius 1 is 1.27 bits per heavy atom. The molecule has 0 aromatic heterocycles. The number of nitrogens with zero attached hydrogens (tertiary/aromatic N) is 1. The Bertz CT molecular complexity index is 89.6. The van der Waals surface area contributed by atoms with Crippen LogP contribution in [-0.4, -0.2) is 29.4 Å². The molecule has 1 unspecified atom stereocenters. The van der Waals surface area contributed by atoms with Gasteiger partial charge in [-0.2, -0.15) is 0 Å². The fraction of sp³-hybridized carbons (Fsp3) is 1.00. The number of halogens is 1. The third kappa shape index (κ3) is 4.81. The van der Waals surface area contributed by atoms with Crippen LogP contribution in [0, 0.1) is 0 Å². The van der Waals surface area contributed by atoms with Gasteiger partial charge in [-0.05, 0) is 19.9 Å². The van der Waals surface area contributed by atoms with E-state index in [4.69, 9.17) is 0 Å². The second-order valence-electron chi connectivity index (χ2n) is 3.19. The van der Waals surface area contributed by atoms with Gasteiger partial charge in [0.2, 0.25) is 0 Å². The van der Waals surface area contributed by atoms with Crippen LogP contribution in [0.2, 0.25) is 0 Å². The van der Waals surface area contributed by atoms with Crippen molar-refractivity contribution in [1.29, 1.82) is 0 Å². The number of hydrogen-bond acceptors (Lipinski definition) is 1. The second kappa shape index (κ2) is 6.01. The van der Waals surface area contributed by atoms with E-state index in [1.807, 2.05) is 0 Å². The largest absolute Gasteiger partial charge is 0.302 e. The summed E-state index contributed by atoms with van der Waals surface area (Å²) in [5.41, 5.74) is 0. The molecule has 0 N–H and O–H groups in total. The zero-order chi connectivity index (χ0) is 8.85. The van der Waals surface area contributed by atoms with Gasteiger partial charge in [-0.1, -0.05) is 36.7 Å². The van der Waals surface area contributed by atoms with Gasteiger partial charge < -0.3 is 4.90 Å². The highest BCUT2D eigenvalue weighted by Crippen LogP contribution is 2.08. The third-order valence-corrected chi connectivity index (χ3v) is 2.39. The highest BCUT2D eigenvalue weighted by atomic mass is 79.9. The van der Waals surface area contributed by atoms with Crippen molar-refractivity contribution < 1.29 is 0 Å². The lowest BCUT2D eigenvalue weighted by atomic mass is 10.1. The molecule has 0 spiro atoms. The first kappa shape index (κ1) is 11.4. The second-order valence-corrected chi connectivity index (χ2v) is 4.75. The van der Waals surface area contributed by atoms with Crippen molar-refractivity contribution in [2.24, 2.45) is 0 Å². The smallest absolute Gasteiger partial charge is 0.0244 e. The van der Waals surface area contributed by atoms with Crippen LogP contribution in [0.3, 0.4) is 0 Å². The molecule has 0 saturated heterocycles. The van der Waals surface area contributed by atoms with E-state index in [1.54, 1.807) is 0 Å². The van der Waals surface area contributed by atoms with Crippen LogP contribution in [0.15, 0.2) is 0 Å². The Hall–Kier alpha value is 0.440. The molecule has 0 saturated carbocycles. The summed E-state index contributed by atoms with van der Waals surface area (Å²) in [6.45, 7) is 7.85. The van der Waals surface area contributed by atoms with Gasteiger partial charge in [0.25, 0.3) is 0 Å². The van der Waals surface area contributed by atoms with E-state index in [0.717, 1.165) is 12.6 Å². The Labute approximate surface area is 79.3 Å². The average molecular weight is 222 g/mol. The predicted octanol–water partition coefficient (Wildman–Crippen LogP) is 2.89. The summed E-state index contributed by atoms with van der Waals surface area (Å²) in [6.07, 6.45) is 2.51. The van der Waals surface area contributed by atoms with Gasteiger partial charge in [0, 0.05) is 17.4 Å². The first-order chi connectivity index (χ1) is 5.11. The van der Waals surface area contributed by atoms with Crippen molar-refractivity contribution in [1.82, 2.24) is 4.90 Å². The van der Waals surface area contributed by atoms with Crippen LogP contribution in [0.5, 0.6) is 0 Å². The monoisotopic (exact) mass is 221 g/mol. The molecule has 0 aromatic rings. The molecule has 0 fully saturated rings. The summed E-state index contributed by atoms with van der Waals surface area (Å²) in [5, 5.41) is 0. The first-order valence-electron chi connectivity index (χ1n) is 4.46. The molecule has 11 heavy (non-hydrogen) atoms. The quantitative estimate of drug-likeness (QED) is 0.646. The Morgan fingerprint density at radius 3 is 2.00 bits per heavy atom. The van der Waals surface area contributed by atoms with Crippen molar-refractivity contribution in [3.05, 3.63) is 0 Å². The van der Waals surface area contributed by atoms with Crippen LogP contribution >= 0.6 is 15.9 Å². The molecule has 0 rings (SSSR count). The van der Waals surface area contributed by atoms with E-state index in [9.17, 15) is 0 Å². The van der Waals surface area contributed by atoms with E-state index < -0.39 is 0 Å². The van der Waals surface area contributed by atoms with Crippen molar-refractivity contribution in [2.45, 2.75) is 44.5 Å².